The van der Waals surface area contributed by atoms with E-state index in [1.54, 1.807) is 23.9 Å². The fourth-order valence-corrected chi connectivity index (χ4v) is 2.16. The van der Waals surface area contributed by atoms with Crippen molar-refractivity contribution in [1.29, 1.82) is 5.26 Å². The van der Waals surface area contributed by atoms with Crippen LogP contribution in [-0.4, -0.2) is 5.75 Å². The Bertz CT molecular complexity index is 346. The zero-order valence-electron chi connectivity index (χ0n) is 7.66. The molecule has 1 aromatic rings. The summed E-state index contributed by atoms with van der Waals surface area (Å²) < 4.78 is 0. The van der Waals surface area contributed by atoms with Gasteiger partial charge in [0.05, 0.1) is 6.07 Å². The number of rotatable bonds is 4. The highest BCUT2D eigenvalue weighted by atomic mass is 35.5. The van der Waals surface area contributed by atoms with E-state index in [4.69, 9.17) is 22.6 Å². The molecule has 0 heterocycles. The van der Waals surface area contributed by atoms with Gasteiger partial charge in [-0.25, -0.2) is 0 Å². The van der Waals surface area contributed by atoms with Crippen molar-refractivity contribution in [3.8, 4) is 6.07 Å². The molecule has 0 saturated heterocycles. The molecule has 1 rings (SSSR count). The average Bonchev–Trinajstić information content (AvgIpc) is 2.18. The van der Waals surface area contributed by atoms with Crippen molar-refractivity contribution < 1.29 is 0 Å². The molecule has 0 radical (unpaired) electrons. The summed E-state index contributed by atoms with van der Waals surface area (Å²) in [5, 5.41) is 9.05. The van der Waals surface area contributed by atoms with Crippen LogP contribution < -0.4 is 5.73 Å². The maximum Gasteiger partial charge on any atom is 0.0622 e. The number of halogens is 1. The number of nitriles is 1. The number of nitrogens with two attached hydrogens (primary N) is 1. The van der Waals surface area contributed by atoms with Crippen molar-refractivity contribution in [3.05, 3.63) is 23.2 Å². The fourth-order valence-electron chi connectivity index (χ4n) is 0.967. The third kappa shape index (κ3) is 3.49. The molecule has 0 unspecified atom stereocenters. The Morgan fingerprint density at radius 3 is 3.00 bits per heavy atom. The summed E-state index contributed by atoms with van der Waals surface area (Å²) in [6.07, 6.45) is 1.47. The Balaban J connectivity index is 2.50. The molecule has 2 nitrogen and oxygen atoms in total. The highest BCUT2D eigenvalue weighted by Crippen LogP contribution is 2.28. The van der Waals surface area contributed by atoms with E-state index in [1.807, 2.05) is 6.07 Å². The van der Waals surface area contributed by atoms with Gasteiger partial charge < -0.3 is 5.73 Å². The third-order valence-corrected chi connectivity index (χ3v) is 3.06. The number of hydrogen-bond donors (Lipinski definition) is 1. The van der Waals surface area contributed by atoms with Crippen LogP contribution >= 0.6 is 23.4 Å². The first-order valence-corrected chi connectivity index (χ1v) is 5.65. The maximum absolute atomic E-state index is 8.36. The minimum Gasteiger partial charge on any atom is -0.398 e. The van der Waals surface area contributed by atoms with E-state index in [1.165, 1.54) is 0 Å². The van der Waals surface area contributed by atoms with E-state index in [9.17, 15) is 0 Å². The summed E-state index contributed by atoms with van der Waals surface area (Å²) in [6.45, 7) is 0. The van der Waals surface area contributed by atoms with Gasteiger partial charge in [0.2, 0.25) is 0 Å². The second kappa shape index (κ2) is 5.79. The summed E-state index contributed by atoms with van der Waals surface area (Å²) in [5.74, 6) is 0.901. The molecule has 0 aliphatic heterocycles. The van der Waals surface area contributed by atoms with Crippen LogP contribution in [0.3, 0.4) is 0 Å². The lowest BCUT2D eigenvalue weighted by Crippen LogP contribution is -1.89. The van der Waals surface area contributed by atoms with E-state index in [2.05, 4.69) is 6.07 Å². The second-order valence-electron chi connectivity index (χ2n) is 2.79. The molecule has 0 amide bonds. The Morgan fingerprint density at radius 2 is 2.29 bits per heavy atom. The lowest BCUT2D eigenvalue weighted by atomic mass is 10.3. The predicted octanol–water partition coefficient (Wildman–Crippen LogP) is 3.32. The van der Waals surface area contributed by atoms with Gasteiger partial charge in [-0.3, -0.25) is 0 Å². The van der Waals surface area contributed by atoms with Gasteiger partial charge in [-0.15, -0.1) is 11.8 Å². The standard InChI is InChI=1S/C10H11ClN2S/c11-8-3-4-9(13)10(7-8)14-6-2-1-5-12/h3-4,7H,1-2,6,13H2. The van der Waals surface area contributed by atoms with E-state index < -0.39 is 0 Å². The van der Waals surface area contributed by atoms with Crippen LogP contribution in [0.4, 0.5) is 5.69 Å². The van der Waals surface area contributed by atoms with Gasteiger partial charge in [-0.1, -0.05) is 11.6 Å². The van der Waals surface area contributed by atoms with Gasteiger partial charge in [-0.2, -0.15) is 5.26 Å². The monoisotopic (exact) mass is 226 g/mol. The van der Waals surface area contributed by atoms with E-state index >= 15 is 0 Å². The molecule has 2 N–H and O–H groups in total. The van der Waals surface area contributed by atoms with Crippen molar-refractivity contribution in [3.63, 3.8) is 0 Å². The molecule has 0 saturated carbocycles. The predicted molar refractivity (Wildman–Crippen MR) is 61.4 cm³/mol. The van der Waals surface area contributed by atoms with Gasteiger partial charge in [-0.05, 0) is 30.4 Å². The molecule has 0 aliphatic carbocycles. The number of unbranched alkanes of at least 4 members (excludes halogenated alkanes) is 1. The summed E-state index contributed by atoms with van der Waals surface area (Å²) in [4.78, 5) is 0.996. The summed E-state index contributed by atoms with van der Waals surface area (Å²) >= 11 is 7.48. The molecule has 0 spiro atoms. The van der Waals surface area contributed by atoms with Crippen molar-refractivity contribution >= 4 is 29.1 Å². The summed E-state index contributed by atoms with van der Waals surface area (Å²) in [5.41, 5.74) is 6.51. The van der Waals surface area contributed by atoms with Crippen LogP contribution in [0.5, 0.6) is 0 Å². The molecule has 74 valence electrons. The van der Waals surface area contributed by atoms with E-state index in [0.29, 0.717) is 11.4 Å². The number of nitrogen functional groups attached to an aromatic ring is 1. The first kappa shape index (κ1) is 11.2. The molecule has 4 heteroatoms. The van der Waals surface area contributed by atoms with Crippen molar-refractivity contribution in [2.45, 2.75) is 17.7 Å². The SMILES string of the molecule is N#CCCCSc1cc(Cl)ccc1N. The highest BCUT2D eigenvalue weighted by Gasteiger charge is 2.00. The van der Waals surface area contributed by atoms with Crippen LogP contribution in [0.15, 0.2) is 23.1 Å². The smallest absolute Gasteiger partial charge is 0.0622 e. The zero-order valence-corrected chi connectivity index (χ0v) is 9.24. The Kier molecular flexibility index (Phi) is 4.64. The first-order chi connectivity index (χ1) is 6.74. The van der Waals surface area contributed by atoms with Gasteiger partial charge in [0, 0.05) is 22.0 Å². The molecule has 0 fully saturated rings. The fraction of sp³-hybridized carbons (Fsp3) is 0.300. The topological polar surface area (TPSA) is 49.8 Å². The normalized spacial score (nSPS) is 9.71. The van der Waals surface area contributed by atoms with Gasteiger partial charge in [0.25, 0.3) is 0 Å². The van der Waals surface area contributed by atoms with Gasteiger partial charge >= 0.3 is 0 Å². The Labute approximate surface area is 93.1 Å². The number of nitrogens with zero attached hydrogens (tertiary/aromatic N) is 1. The first-order valence-electron chi connectivity index (χ1n) is 4.29. The van der Waals surface area contributed by atoms with Crippen molar-refractivity contribution in [2.75, 3.05) is 11.5 Å². The quantitative estimate of drug-likeness (QED) is 0.487. The van der Waals surface area contributed by atoms with Gasteiger partial charge in [0.1, 0.15) is 0 Å². The lowest BCUT2D eigenvalue weighted by Gasteiger charge is -2.04. The minimum absolute atomic E-state index is 0.591. The van der Waals surface area contributed by atoms with Crippen LogP contribution in [0.2, 0.25) is 5.02 Å². The molecule has 0 atom stereocenters. The van der Waals surface area contributed by atoms with Crippen molar-refractivity contribution in [2.24, 2.45) is 0 Å². The third-order valence-electron chi connectivity index (χ3n) is 1.67. The molecular formula is C10H11ClN2S. The molecule has 0 bridgehead atoms. The molecule has 0 aliphatic rings. The molecule has 0 aromatic heterocycles. The molecule has 14 heavy (non-hydrogen) atoms. The maximum atomic E-state index is 8.36. The Morgan fingerprint density at radius 1 is 1.50 bits per heavy atom. The van der Waals surface area contributed by atoms with Crippen LogP contribution in [0.1, 0.15) is 12.8 Å². The summed E-state index contributed by atoms with van der Waals surface area (Å²) in [7, 11) is 0. The van der Waals surface area contributed by atoms with E-state index in [0.717, 1.165) is 22.8 Å². The van der Waals surface area contributed by atoms with Gasteiger partial charge in [0.15, 0.2) is 0 Å². The minimum atomic E-state index is 0.591. The van der Waals surface area contributed by atoms with Crippen LogP contribution in [0, 0.1) is 11.3 Å². The second-order valence-corrected chi connectivity index (χ2v) is 4.37. The van der Waals surface area contributed by atoms with Crippen LogP contribution in [-0.2, 0) is 0 Å². The number of anilines is 1. The lowest BCUT2D eigenvalue weighted by molar-refractivity contribution is 0.981. The van der Waals surface area contributed by atoms with Crippen LogP contribution in [0.25, 0.3) is 0 Å². The highest BCUT2D eigenvalue weighted by molar-refractivity contribution is 7.99. The van der Waals surface area contributed by atoms with Crippen molar-refractivity contribution in [1.82, 2.24) is 0 Å². The zero-order chi connectivity index (χ0) is 10.4. The Hall–Kier alpha value is -0.850. The van der Waals surface area contributed by atoms with E-state index in [-0.39, 0.29) is 0 Å². The molecular weight excluding hydrogens is 216 g/mol. The largest absolute Gasteiger partial charge is 0.398 e. The average molecular weight is 227 g/mol. The summed E-state index contributed by atoms with van der Waals surface area (Å²) in [6, 6.07) is 7.54. The number of thioether (sulfide) groups is 1. The number of benzene rings is 1. The molecule has 1 aromatic carbocycles. The number of hydrogen-bond acceptors (Lipinski definition) is 3.